The van der Waals surface area contributed by atoms with Crippen LogP contribution in [-0.2, 0) is 0 Å². The van der Waals surface area contributed by atoms with E-state index in [0.717, 1.165) is 17.6 Å². The lowest BCUT2D eigenvalue weighted by molar-refractivity contribution is 0.334. The molecule has 0 aromatic rings. The minimum absolute atomic E-state index is 0.197. The SMILES string of the molecule is C=CC(/C=C(\C(C)=C(\C#N)CO)C(C)C)CC. The van der Waals surface area contributed by atoms with E-state index in [2.05, 4.69) is 39.5 Å². The van der Waals surface area contributed by atoms with Crippen LogP contribution in [0.3, 0.4) is 0 Å². The highest BCUT2D eigenvalue weighted by molar-refractivity contribution is 5.41. The van der Waals surface area contributed by atoms with Crippen molar-refractivity contribution in [1.29, 1.82) is 5.26 Å². The standard InChI is InChI=1S/C15H23NO/c1-6-13(7-2)8-15(11(3)4)12(5)14(9-16)10-17/h6,8,11,13,17H,1,7,10H2,2-5H3/b14-12-,15-8-. The molecule has 94 valence electrons. The molecule has 0 aromatic heterocycles. The normalized spacial score (nSPS) is 15.2. The van der Waals surface area contributed by atoms with Gasteiger partial charge in [0.15, 0.2) is 0 Å². The molecule has 0 spiro atoms. The molecule has 0 aliphatic rings. The van der Waals surface area contributed by atoms with Crippen molar-refractivity contribution in [2.75, 3.05) is 6.61 Å². The van der Waals surface area contributed by atoms with E-state index >= 15 is 0 Å². The topological polar surface area (TPSA) is 44.0 Å². The Morgan fingerprint density at radius 2 is 2.06 bits per heavy atom. The lowest BCUT2D eigenvalue weighted by Gasteiger charge is -2.16. The first kappa shape index (κ1) is 15.7. The third-order valence-electron chi connectivity index (χ3n) is 2.97. The summed E-state index contributed by atoms with van der Waals surface area (Å²) < 4.78 is 0. The number of nitrogens with zero attached hydrogens (tertiary/aromatic N) is 1. The molecule has 0 amide bonds. The first-order valence-electron chi connectivity index (χ1n) is 6.07. The molecule has 0 aliphatic heterocycles. The van der Waals surface area contributed by atoms with Crippen molar-refractivity contribution < 1.29 is 5.11 Å². The molecule has 1 unspecified atom stereocenters. The van der Waals surface area contributed by atoms with Gasteiger partial charge in [-0.15, -0.1) is 6.58 Å². The average molecular weight is 233 g/mol. The van der Waals surface area contributed by atoms with Gasteiger partial charge in [0.05, 0.1) is 18.2 Å². The zero-order valence-corrected chi connectivity index (χ0v) is 11.3. The summed E-state index contributed by atoms with van der Waals surface area (Å²) in [6.45, 7) is 11.8. The number of hydrogen-bond donors (Lipinski definition) is 1. The van der Waals surface area contributed by atoms with Gasteiger partial charge in [0.2, 0.25) is 0 Å². The molecule has 1 N–H and O–H groups in total. The zero-order valence-electron chi connectivity index (χ0n) is 11.3. The van der Waals surface area contributed by atoms with E-state index in [4.69, 9.17) is 10.4 Å². The molecule has 0 aromatic carbocycles. The van der Waals surface area contributed by atoms with E-state index in [9.17, 15) is 0 Å². The number of nitriles is 1. The predicted molar refractivity (Wildman–Crippen MR) is 72.3 cm³/mol. The highest BCUT2D eigenvalue weighted by atomic mass is 16.3. The molecule has 0 aliphatic carbocycles. The van der Waals surface area contributed by atoms with Gasteiger partial charge in [-0.2, -0.15) is 5.26 Å². The largest absolute Gasteiger partial charge is 0.391 e. The second kappa shape index (κ2) is 7.86. The summed E-state index contributed by atoms with van der Waals surface area (Å²) in [7, 11) is 0. The van der Waals surface area contributed by atoms with Crippen LogP contribution in [0.1, 0.15) is 34.1 Å². The predicted octanol–water partition coefficient (Wildman–Crippen LogP) is 3.61. The molecule has 2 nitrogen and oxygen atoms in total. The summed E-state index contributed by atoms with van der Waals surface area (Å²) in [5, 5.41) is 18.1. The van der Waals surface area contributed by atoms with Gasteiger partial charge in [0, 0.05) is 0 Å². The van der Waals surface area contributed by atoms with Gasteiger partial charge in [-0.1, -0.05) is 32.9 Å². The molecule has 17 heavy (non-hydrogen) atoms. The van der Waals surface area contributed by atoms with E-state index < -0.39 is 0 Å². The maximum absolute atomic E-state index is 9.15. The highest BCUT2D eigenvalue weighted by Gasteiger charge is 2.11. The first-order valence-corrected chi connectivity index (χ1v) is 6.07. The molecule has 0 bridgehead atoms. The second-order valence-corrected chi connectivity index (χ2v) is 4.46. The Balaban J connectivity index is 5.47. The number of aliphatic hydroxyl groups excluding tert-OH is 1. The fraction of sp³-hybridized carbons (Fsp3) is 0.533. The Morgan fingerprint density at radius 1 is 1.47 bits per heavy atom. The van der Waals surface area contributed by atoms with Crippen molar-refractivity contribution in [3.8, 4) is 6.07 Å². The van der Waals surface area contributed by atoms with Crippen LogP contribution in [0.4, 0.5) is 0 Å². The van der Waals surface area contributed by atoms with E-state index in [1.165, 1.54) is 0 Å². The van der Waals surface area contributed by atoms with Crippen molar-refractivity contribution in [2.45, 2.75) is 34.1 Å². The second-order valence-electron chi connectivity index (χ2n) is 4.46. The van der Waals surface area contributed by atoms with Gasteiger partial charge in [0.1, 0.15) is 0 Å². The first-order chi connectivity index (χ1) is 8.01. The van der Waals surface area contributed by atoms with Crippen molar-refractivity contribution in [2.24, 2.45) is 11.8 Å². The molecular weight excluding hydrogens is 210 g/mol. The smallest absolute Gasteiger partial charge is 0.0974 e. The molecule has 0 rings (SSSR count). The molecule has 0 saturated carbocycles. The Morgan fingerprint density at radius 3 is 2.35 bits per heavy atom. The third kappa shape index (κ3) is 4.58. The maximum atomic E-state index is 9.15. The van der Waals surface area contributed by atoms with Gasteiger partial charge in [-0.25, -0.2) is 0 Å². The van der Waals surface area contributed by atoms with E-state index in [1.807, 2.05) is 13.0 Å². The number of hydrogen-bond acceptors (Lipinski definition) is 2. The van der Waals surface area contributed by atoms with Crippen LogP contribution in [0.15, 0.2) is 35.5 Å². The van der Waals surface area contributed by atoms with Crippen molar-refractivity contribution in [3.05, 3.63) is 35.5 Å². The quantitative estimate of drug-likeness (QED) is 0.432. The minimum atomic E-state index is -0.197. The Labute approximate surface area is 105 Å². The van der Waals surface area contributed by atoms with Crippen molar-refractivity contribution in [3.63, 3.8) is 0 Å². The summed E-state index contributed by atoms with van der Waals surface area (Å²) in [4.78, 5) is 0. The van der Waals surface area contributed by atoms with Crippen LogP contribution >= 0.6 is 0 Å². The molecular formula is C15H23NO. The average Bonchev–Trinajstić information content (AvgIpc) is 2.31. The minimum Gasteiger partial charge on any atom is -0.391 e. The monoisotopic (exact) mass is 233 g/mol. The molecule has 2 heteroatoms. The summed E-state index contributed by atoms with van der Waals surface area (Å²) in [6.07, 6.45) is 5.06. The van der Waals surface area contributed by atoms with E-state index in [0.29, 0.717) is 17.4 Å². The van der Waals surface area contributed by atoms with Gasteiger partial charge >= 0.3 is 0 Å². The molecule has 0 fully saturated rings. The lowest BCUT2D eigenvalue weighted by Crippen LogP contribution is -2.04. The molecule has 1 atom stereocenters. The number of aliphatic hydroxyl groups is 1. The lowest BCUT2D eigenvalue weighted by atomic mass is 9.89. The van der Waals surface area contributed by atoms with Gasteiger partial charge < -0.3 is 5.11 Å². The van der Waals surface area contributed by atoms with Crippen LogP contribution in [0.25, 0.3) is 0 Å². The summed E-state index contributed by atoms with van der Waals surface area (Å²) in [6, 6.07) is 2.06. The van der Waals surface area contributed by atoms with Crippen LogP contribution in [0, 0.1) is 23.2 Å². The van der Waals surface area contributed by atoms with Crippen LogP contribution < -0.4 is 0 Å². The Bertz CT molecular complexity index is 356. The molecule has 0 heterocycles. The van der Waals surface area contributed by atoms with Crippen molar-refractivity contribution in [1.82, 2.24) is 0 Å². The molecule has 0 saturated heterocycles. The van der Waals surface area contributed by atoms with Gasteiger partial charge in [-0.3, -0.25) is 0 Å². The van der Waals surface area contributed by atoms with Crippen LogP contribution in [-0.4, -0.2) is 11.7 Å². The maximum Gasteiger partial charge on any atom is 0.0974 e. The summed E-state index contributed by atoms with van der Waals surface area (Å²) in [5.74, 6) is 0.653. The number of rotatable bonds is 6. The number of allylic oxidation sites excluding steroid dienone is 4. The van der Waals surface area contributed by atoms with E-state index in [-0.39, 0.29) is 6.61 Å². The van der Waals surface area contributed by atoms with Crippen molar-refractivity contribution >= 4 is 0 Å². The summed E-state index contributed by atoms with van der Waals surface area (Å²) >= 11 is 0. The Kier molecular flexibility index (Phi) is 7.25. The fourth-order valence-electron chi connectivity index (χ4n) is 1.75. The third-order valence-corrected chi connectivity index (χ3v) is 2.97. The van der Waals surface area contributed by atoms with Gasteiger partial charge in [0.25, 0.3) is 0 Å². The fourth-order valence-corrected chi connectivity index (χ4v) is 1.75. The zero-order chi connectivity index (χ0) is 13.4. The van der Waals surface area contributed by atoms with Crippen LogP contribution in [0.5, 0.6) is 0 Å². The van der Waals surface area contributed by atoms with E-state index in [1.54, 1.807) is 0 Å². The Hall–Kier alpha value is -1.33. The highest BCUT2D eigenvalue weighted by Crippen LogP contribution is 2.25. The van der Waals surface area contributed by atoms with Crippen LogP contribution in [0.2, 0.25) is 0 Å². The van der Waals surface area contributed by atoms with Gasteiger partial charge in [-0.05, 0) is 36.3 Å². The molecule has 0 radical (unpaired) electrons. The summed E-state index contributed by atoms with van der Waals surface area (Å²) in [5.41, 5.74) is 2.47.